The van der Waals surface area contributed by atoms with E-state index in [1.807, 2.05) is 45.9 Å². The molecular formula is C20H24N4O3S. The molecule has 1 aromatic heterocycles. The van der Waals surface area contributed by atoms with Crippen LogP contribution in [0.2, 0.25) is 0 Å². The zero-order valence-electron chi connectivity index (χ0n) is 16.6. The molecule has 3 rings (SSSR count). The second-order valence-electron chi connectivity index (χ2n) is 7.82. The monoisotopic (exact) mass is 400 g/mol. The van der Waals surface area contributed by atoms with Gasteiger partial charge < -0.3 is 5.32 Å². The number of hydrazine groups is 1. The SMILES string of the molecule is CC[C@]1(c2ccccc2)NC(=O)N(NC(=O)c2sc(C(C)(C)C)nc2C)C1=O. The number of rotatable bonds is 4. The van der Waals surface area contributed by atoms with Gasteiger partial charge in [0.25, 0.3) is 11.8 Å². The van der Waals surface area contributed by atoms with Gasteiger partial charge in [-0.3, -0.25) is 15.0 Å². The highest BCUT2D eigenvalue weighted by Crippen LogP contribution is 2.32. The van der Waals surface area contributed by atoms with Gasteiger partial charge in [-0.15, -0.1) is 11.3 Å². The van der Waals surface area contributed by atoms with Gasteiger partial charge in [0.05, 0.1) is 10.7 Å². The Labute approximate surface area is 168 Å². The molecule has 0 bridgehead atoms. The molecular weight excluding hydrogens is 376 g/mol. The minimum absolute atomic E-state index is 0.195. The second-order valence-corrected chi connectivity index (χ2v) is 8.82. The maximum absolute atomic E-state index is 13.1. The molecule has 2 heterocycles. The molecule has 4 amide bonds. The first kappa shape index (κ1) is 20.0. The summed E-state index contributed by atoms with van der Waals surface area (Å²) in [6.45, 7) is 9.60. The molecule has 1 fully saturated rings. The molecule has 1 saturated heterocycles. The first-order valence-corrected chi connectivity index (χ1v) is 9.93. The van der Waals surface area contributed by atoms with Crippen LogP contribution in [0.25, 0.3) is 0 Å². The van der Waals surface area contributed by atoms with E-state index in [1.165, 1.54) is 11.3 Å². The van der Waals surface area contributed by atoms with Crippen molar-refractivity contribution >= 4 is 29.2 Å². The number of imide groups is 1. The Morgan fingerprint density at radius 2 is 1.89 bits per heavy atom. The van der Waals surface area contributed by atoms with Crippen molar-refractivity contribution < 1.29 is 14.4 Å². The van der Waals surface area contributed by atoms with E-state index in [0.717, 1.165) is 10.0 Å². The van der Waals surface area contributed by atoms with Gasteiger partial charge >= 0.3 is 6.03 Å². The summed E-state index contributed by atoms with van der Waals surface area (Å²) >= 11 is 1.27. The number of urea groups is 1. The van der Waals surface area contributed by atoms with E-state index in [-0.39, 0.29) is 5.41 Å². The first-order chi connectivity index (χ1) is 13.1. The van der Waals surface area contributed by atoms with E-state index in [1.54, 1.807) is 19.1 Å². The molecule has 1 atom stereocenters. The molecule has 7 nitrogen and oxygen atoms in total. The lowest BCUT2D eigenvalue weighted by Gasteiger charge is -2.25. The summed E-state index contributed by atoms with van der Waals surface area (Å²) in [6, 6.07) is 8.38. The molecule has 28 heavy (non-hydrogen) atoms. The molecule has 0 saturated carbocycles. The lowest BCUT2D eigenvalue weighted by Crippen LogP contribution is -2.48. The van der Waals surface area contributed by atoms with Crippen LogP contribution >= 0.6 is 11.3 Å². The number of hydrogen-bond acceptors (Lipinski definition) is 5. The average molecular weight is 401 g/mol. The standard InChI is InChI=1S/C20H24N4O3S/c1-6-20(13-10-8-7-9-11-13)17(26)24(18(27)22-20)23-15(25)14-12(2)21-16(28-14)19(3,4)5/h7-11H,6H2,1-5H3,(H,22,27)(H,23,25)/t20-/m1/s1. The van der Waals surface area contributed by atoms with Crippen LogP contribution in [0.1, 0.15) is 60.1 Å². The molecule has 2 aromatic rings. The van der Waals surface area contributed by atoms with Crippen LogP contribution in [-0.2, 0) is 15.7 Å². The van der Waals surface area contributed by atoms with E-state index in [4.69, 9.17) is 0 Å². The lowest BCUT2D eigenvalue weighted by atomic mass is 9.87. The number of benzene rings is 1. The number of nitrogens with zero attached hydrogens (tertiary/aromatic N) is 2. The predicted molar refractivity (Wildman–Crippen MR) is 107 cm³/mol. The fourth-order valence-corrected chi connectivity index (χ4v) is 4.13. The average Bonchev–Trinajstić information content (AvgIpc) is 3.16. The van der Waals surface area contributed by atoms with Crippen LogP contribution in [-0.4, -0.2) is 27.8 Å². The number of amides is 4. The molecule has 148 valence electrons. The van der Waals surface area contributed by atoms with Crippen LogP contribution in [0.15, 0.2) is 30.3 Å². The second kappa shape index (κ2) is 7.01. The van der Waals surface area contributed by atoms with Gasteiger partial charge in [-0.1, -0.05) is 58.0 Å². The highest BCUT2D eigenvalue weighted by Gasteiger charge is 2.52. The largest absolute Gasteiger partial charge is 0.344 e. The smallest absolute Gasteiger partial charge is 0.318 e. The van der Waals surface area contributed by atoms with Gasteiger partial charge in [-0.25, -0.2) is 9.78 Å². The fraction of sp³-hybridized carbons (Fsp3) is 0.400. The Balaban J connectivity index is 1.87. The summed E-state index contributed by atoms with van der Waals surface area (Å²) in [5.74, 6) is -1.02. The molecule has 8 heteroatoms. The van der Waals surface area contributed by atoms with Crippen molar-refractivity contribution in [2.75, 3.05) is 0 Å². The van der Waals surface area contributed by atoms with Gasteiger partial charge in [0.2, 0.25) is 0 Å². The van der Waals surface area contributed by atoms with Gasteiger partial charge in [-0.05, 0) is 18.9 Å². The van der Waals surface area contributed by atoms with E-state index >= 15 is 0 Å². The summed E-state index contributed by atoms with van der Waals surface area (Å²) < 4.78 is 0. The Hall–Kier alpha value is -2.74. The molecule has 1 aliphatic rings. The normalized spacial score (nSPS) is 19.7. The van der Waals surface area contributed by atoms with Crippen molar-refractivity contribution in [2.24, 2.45) is 0 Å². The third kappa shape index (κ3) is 3.28. The lowest BCUT2D eigenvalue weighted by molar-refractivity contribution is -0.133. The molecule has 1 aromatic carbocycles. The Bertz CT molecular complexity index is 933. The fourth-order valence-electron chi connectivity index (χ4n) is 3.12. The Morgan fingerprint density at radius 3 is 2.43 bits per heavy atom. The summed E-state index contributed by atoms with van der Waals surface area (Å²) in [7, 11) is 0. The molecule has 0 unspecified atom stereocenters. The van der Waals surface area contributed by atoms with Gasteiger partial charge in [0, 0.05) is 5.41 Å². The van der Waals surface area contributed by atoms with Crippen molar-refractivity contribution in [3.05, 3.63) is 51.5 Å². The topological polar surface area (TPSA) is 91.4 Å². The number of aromatic nitrogens is 1. The summed E-state index contributed by atoms with van der Waals surface area (Å²) in [4.78, 5) is 43.2. The van der Waals surface area contributed by atoms with Crippen LogP contribution in [0.3, 0.4) is 0 Å². The minimum atomic E-state index is -1.19. The van der Waals surface area contributed by atoms with E-state index in [2.05, 4.69) is 15.7 Å². The molecule has 0 aliphatic carbocycles. The van der Waals surface area contributed by atoms with Crippen LogP contribution in [0.4, 0.5) is 4.79 Å². The minimum Gasteiger partial charge on any atom is -0.318 e. The molecule has 1 aliphatic heterocycles. The third-order valence-electron chi connectivity index (χ3n) is 4.75. The van der Waals surface area contributed by atoms with E-state index in [9.17, 15) is 14.4 Å². The maximum Gasteiger partial charge on any atom is 0.344 e. The summed E-state index contributed by atoms with van der Waals surface area (Å²) in [5.41, 5.74) is 2.33. The van der Waals surface area contributed by atoms with E-state index < -0.39 is 23.4 Å². The number of carbonyl (C=O) groups is 3. The highest BCUT2D eigenvalue weighted by molar-refractivity contribution is 7.14. The Morgan fingerprint density at radius 1 is 1.25 bits per heavy atom. The number of carbonyl (C=O) groups excluding carboxylic acids is 3. The summed E-state index contributed by atoms with van der Waals surface area (Å²) in [5, 5.41) is 4.34. The van der Waals surface area contributed by atoms with Crippen molar-refractivity contribution in [1.82, 2.24) is 20.7 Å². The van der Waals surface area contributed by atoms with Gasteiger partial charge in [-0.2, -0.15) is 5.01 Å². The molecule has 0 spiro atoms. The van der Waals surface area contributed by atoms with Crippen molar-refractivity contribution in [3.8, 4) is 0 Å². The van der Waals surface area contributed by atoms with Crippen LogP contribution < -0.4 is 10.7 Å². The van der Waals surface area contributed by atoms with Crippen molar-refractivity contribution in [3.63, 3.8) is 0 Å². The van der Waals surface area contributed by atoms with Crippen molar-refractivity contribution in [2.45, 2.75) is 52.0 Å². The Kier molecular flexibility index (Phi) is 5.01. The zero-order chi connectivity index (χ0) is 20.7. The summed E-state index contributed by atoms with van der Waals surface area (Å²) in [6.07, 6.45) is 0.363. The van der Waals surface area contributed by atoms with E-state index in [0.29, 0.717) is 22.6 Å². The maximum atomic E-state index is 13.1. The number of thiazole rings is 1. The first-order valence-electron chi connectivity index (χ1n) is 9.11. The third-order valence-corrected chi connectivity index (χ3v) is 6.33. The van der Waals surface area contributed by atoms with Crippen molar-refractivity contribution in [1.29, 1.82) is 0 Å². The van der Waals surface area contributed by atoms with Crippen LogP contribution in [0, 0.1) is 6.92 Å². The number of nitrogens with one attached hydrogen (secondary N) is 2. The highest BCUT2D eigenvalue weighted by atomic mass is 32.1. The quantitative estimate of drug-likeness (QED) is 0.771. The van der Waals surface area contributed by atoms with Gasteiger partial charge in [0.15, 0.2) is 0 Å². The molecule has 0 radical (unpaired) electrons. The number of aryl methyl sites for hydroxylation is 1. The predicted octanol–water partition coefficient (Wildman–Crippen LogP) is 3.25. The number of hydrogen-bond donors (Lipinski definition) is 2. The molecule has 2 N–H and O–H groups in total. The zero-order valence-corrected chi connectivity index (χ0v) is 17.4. The van der Waals surface area contributed by atoms with Gasteiger partial charge in [0.1, 0.15) is 10.4 Å². The van der Waals surface area contributed by atoms with Crippen LogP contribution in [0.5, 0.6) is 0 Å².